The fraction of sp³-hybridized carbons (Fsp3) is 0.0870. The second-order valence-corrected chi connectivity index (χ2v) is 13.0. The van der Waals surface area contributed by atoms with Gasteiger partial charge in [0.1, 0.15) is 5.82 Å². The minimum Gasteiger partial charge on any atom is -0.357 e. The van der Waals surface area contributed by atoms with E-state index < -0.39 is 6.98 Å². The van der Waals surface area contributed by atoms with Crippen LogP contribution in [0.2, 0.25) is 0 Å². The molecule has 5 nitrogen and oxygen atoms in total. The second-order valence-electron chi connectivity index (χ2n) is 13.0. The zero-order valence-corrected chi connectivity index (χ0v) is 31.2. The van der Waals surface area contributed by atoms with Crippen molar-refractivity contribution in [1.82, 2.24) is 18.7 Å². The van der Waals surface area contributed by atoms with Gasteiger partial charge in [-0.25, -0.2) is 14.1 Å². The van der Waals surface area contributed by atoms with Crippen LogP contribution < -0.4 is 4.90 Å². The Balaban J connectivity index is 0.00000427. The van der Waals surface area contributed by atoms with E-state index >= 15 is 0 Å². The molecule has 0 atom stereocenters. The molecule has 0 fully saturated rings. The summed E-state index contributed by atoms with van der Waals surface area (Å²) in [5.41, 5.74) is 12.4. The van der Waals surface area contributed by atoms with Gasteiger partial charge in [-0.05, 0) is 84.3 Å². The zero-order chi connectivity index (χ0) is 37.1. The van der Waals surface area contributed by atoms with Crippen LogP contribution in [0.3, 0.4) is 0 Å². The number of para-hydroxylation sites is 4. The van der Waals surface area contributed by atoms with E-state index in [1.54, 1.807) is 6.33 Å². The van der Waals surface area contributed by atoms with Gasteiger partial charge < -0.3 is 9.47 Å². The predicted molar refractivity (Wildman–Crippen MR) is 211 cm³/mol. The molecule has 52 heavy (non-hydrogen) atoms. The molecule has 0 saturated heterocycles. The van der Waals surface area contributed by atoms with E-state index in [9.17, 15) is 0 Å². The van der Waals surface area contributed by atoms with Crippen molar-refractivity contribution in [2.45, 2.75) is 20.8 Å². The van der Waals surface area contributed by atoms with Gasteiger partial charge in [0.05, 0.1) is 0 Å². The van der Waals surface area contributed by atoms with Crippen LogP contribution in [0.15, 0.2) is 146 Å². The van der Waals surface area contributed by atoms with Crippen LogP contribution in [-0.4, -0.2) is 18.7 Å². The maximum absolute atomic E-state index is 8.22. The SMILES string of the molecule is [2H]C([2H])([2H])n1[cH+]n(-c2[c-]c(N(c3[c-]c4c(cc3)c3ccccc3n4-c3cc(-c4ccccc4C)ccn3)c3c(C)cccc3C)ccc2)c2ccccc21.[Pt]. The number of hydrogen-bond donors (Lipinski definition) is 0. The molecule has 0 amide bonds. The molecular weight excluding hydrogens is 818 g/mol. The zero-order valence-electron chi connectivity index (χ0n) is 31.9. The Kier molecular flexibility index (Phi) is 7.71. The number of nitrogens with zero attached hydrogens (tertiary/aromatic N) is 5. The number of benzene rings is 6. The van der Waals surface area contributed by atoms with Crippen molar-refractivity contribution in [1.29, 1.82) is 0 Å². The summed E-state index contributed by atoms with van der Waals surface area (Å²) in [7, 11) is 0. The monoisotopic (exact) mass is 856 g/mol. The number of hydrogen-bond acceptors (Lipinski definition) is 2. The molecule has 3 aromatic heterocycles. The van der Waals surface area contributed by atoms with Gasteiger partial charge in [-0.1, -0.05) is 83.6 Å². The number of fused-ring (bicyclic) bond motifs is 4. The van der Waals surface area contributed by atoms with Gasteiger partial charge in [-0.15, -0.1) is 29.7 Å². The number of aryl methyl sites for hydroxylation is 4. The third kappa shape index (κ3) is 5.53. The van der Waals surface area contributed by atoms with Crippen molar-refractivity contribution >= 4 is 49.9 Å². The summed E-state index contributed by atoms with van der Waals surface area (Å²) < 4.78 is 30.1. The molecule has 9 aromatic rings. The minimum absolute atomic E-state index is 0. The molecule has 0 spiro atoms. The Morgan fingerprint density at radius 2 is 1.35 bits per heavy atom. The van der Waals surface area contributed by atoms with E-state index in [-0.39, 0.29) is 21.1 Å². The van der Waals surface area contributed by atoms with Gasteiger partial charge in [0.15, 0.2) is 17.4 Å². The van der Waals surface area contributed by atoms with Crippen LogP contribution in [0, 0.1) is 32.9 Å². The molecule has 0 N–H and O–H groups in total. The largest absolute Gasteiger partial charge is 0.357 e. The molecule has 0 unspecified atom stereocenters. The first kappa shape index (κ1) is 29.9. The molecule has 0 aliphatic carbocycles. The average Bonchev–Trinajstić information content (AvgIpc) is 3.73. The molecule has 6 heteroatoms. The van der Waals surface area contributed by atoms with E-state index in [0.717, 1.165) is 72.6 Å². The maximum atomic E-state index is 8.22. The summed E-state index contributed by atoms with van der Waals surface area (Å²) in [4.78, 5) is 7.13. The fourth-order valence-corrected chi connectivity index (χ4v) is 7.40. The first-order valence-electron chi connectivity index (χ1n) is 18.6. The molecule has 256 valence electrons. The predicted octanol–water partition coefficient (Wildman–Crippen LogP) is 11.4. The van der Waals surface area contributed by atoms with Gasteiger partial charge in [-0.2, -0.15) is 12.1 Å². The smallest absolute Gasteiger partial charge is 0.188 e. The first-order valence-corrected chi connectivity index (χ1v) is 17.1. The van der Waals surface area contributed by atoms with Gasteiger partial charge in [-0.3, -0.25) is 0 Å². The van der Waals surface area contributed by atoms with Crippen LogP contribution in [0.5, 0.6) is 0 Å². The summed E-state index contributed by atoms with van der Waals surface area (Å²) in [6.07, 6.45) is 3.53. The summed E-state index contributed by atoms with van der Waals surface area (Å²) in [6.45, 7) is 4.03. The van der Waals surface area contributed by atoms with Gasteiger partial charge in [0, 0.05) is 67.4 Å². The van der Waals surface area contributed by atoms with E-state index in [4.69, 9.17) is 9.10 Å². The number of pyridine rings is 1. The van der Waals surface area contributed by atoms with Crippen LogP contribution in [-0.2, 0) is 28.0 Å². The molecule has 0 bridgehead atoms. The molecule has 3 heterocycles. The van der Waals surface area contributed by atoms with E-state index in [1.165, 1.54) is 15.7 Å². The van der Waals surface area contributed by atoms with Crippen LogP contribution in [0.1, 0.15) is 20.8 Å². The number of aromatic nitrogens is 4. The molecule has 0 saturated carbocycles. The Bertz CT molecular complexity index is 2870. The van der Waals surface area contributed by atoms with E-state index in [0.29, 0.717) is 5.52 Å². The summed E-state index contributed by atoms with van der Waals surface area (Å²) in [5, 5.41) is 2.19. The van der Waals surface area contributed by atoms with Crippen molar-refractivity contribution in [3.8, 4) is 22.6 Å². The van der Waals surface area contributed by atoms with Crippen molar-refractivity contribution in [3.63, 3.8) is 0 Å². The van der Waals surface area contributed by atoms with Crippen LogP contribution in [0.4, 0.5) is 17.1 Å². The van der Waals surface area contributed by atoms with Gasteiger partial charge >= 0.3 is 0 Å². The second kappa shape index (κ2) is 13.4. The van der Waals surface area contributed by atoms with Gasteiger partial charge in [0.25, 0.3) is 0 Å². The Morgan fingerprint density at radius 3 is 2.15 bits per heavy atom. The third-order valence-corrected chi connectivity index (χ3v) is 9.80. The minimum atomic E-state index is -2.34. The molecule has 0 aliphatic rings. The summed E-state index contributed by atoms with van der Waals surface area (Å²) in [5.74, 6) is 0.810. The maximum Gasteiger partial charge on any atom is 0.188 e. The van der Waals surface area contributed by atoms with E-state index in [2.05, 4.69) is 133 Å². The molecule has 6 aromatic carbocycles. The van der Waals surface area contributed by atoms with Gasteiger partial charge in [0.2, 0.25) is 0 Å². The quantitative estimate of drug-likeness (QED) is 0.156. The summed E-state index contributed by atoms with van der Waals surface area (Å²) >= 11 is 0. The standard InChI is InChI=1S/C46H36N5.Pt/c1-31-13-5-6-18-38(31)34-25-26-47-45(27-34)51-41-20-8-7-19-39(41)40-24-23-37(29-44(40)51)50(46-32(2)14-11-15-33(46)3)36-17-12-16-35(28-36)49-30-48(4)42-21-9-10-22-43(42)49;/h5-27,30H,1-4H3;/q-1;/i4D3;. The number of anilines is 3. The van der Waals surface area contributed by atoms with Crippen LogP contribution >= 0.6 is 0 Å². The Morgan fingerprint density at radius 1 is 0.654 bits per heavy atom. The molecular formula is C46H36N5Pt-. The Labute approximate surface area is 322 Å². The average molecular weight is 857 g/mol. The molecule has 0 aliphatic heterocycles. The van der Waals surface area contributed by atoms with Crippen LogP contribution in [0.25, 0.3) is 55.5 Å². The van der Waals surface area contributed by atoms with Crippen molar-refractivity contribution in [3.05, 3.63) is 175 Å². The number of imidazole rings is 1. The van der Waals surface area contributed by atoms with E-state index in [1.807, 2.05) is 53.2 Å². The first-order chi connectivity index (χ1) is 26.2. The topological polar surface area (TPSA) is 30.9 Å². The van der Waals surface area contributed by atoms with Crippen molar-refractivity contribution in [2.24, 2.45) is 6.98 Å². The molecule has 9 rings (SSSR count). The Hall–Kier alpha value is -5.77. The third-order valence-electron chi connectivity index (χ3n) is 9.80. The normalized spacial score (nSPS) is 12.4. The molecule has 0 radical (unpaired) electrons. The number of rotatable bonds is 6. The van der Waals surface area contributed by atoms with Crippen molar-refractivity contribution < 1.29 is 25.2 Å². The summed E-state index contributed by atoms with van der Waals surface area (Å²) in [6, 6.07) is 52.7. The van der Waals surface area contributed by atoms with Crippen molar-refractivity contribution in [2.75, 3.05) is 4.90 Å². The fourth-order valence-electron chi connectivity index (χ4n) is 7.40.